The van der Waals surface area contributed by atoms with Crippen molar-refractivity contribution in [1.82, 2.24) is 9.78 Å². The smallest absolute Gasteiger partial charge is 0.0640 e. The zero-order valence-corrected chi connectivity index (χ0v) is 13.0. The van der Waals surface area contributed by atoms with E-state index in [1.54, 1.807) is 0 Å². The lowest BCUT2D eigenvalue weighted by Crippen LogP contribution is -2.27. The van der Waals surface area contributed by atoms with Gasteiger partial charge in [0.05, 0.1) is 17.8 Å². The van der Waals surface area contributed by atoms with Crippen molar-refractivity contribution in [3.63, 3.8) is 0 Å². The third kappa shape index (κ3) is 4.30. The molecule has 0 bridgehead atoms. The molecule has 1 aliphatic carbocycles. The minimum absolute atomic E-state index is 0.211. The molecule has 21 heavy (non-hydrogen) atoms. The molecule has 3 rings (SSSR count). The molecule has 0 spiro atoms. The summed E-state index contributed by atoms with van der Waals surface area (Å²) in [5.41, 5.74) is 7.43. The zero-order chi connectivity index (χ0) is 14.5. The highest BCUT2D eigenvalue weighted by atomic mass is 16.5. The Hall–Kier alpha value is -0.870. The molecule has 2 fully saturated rings. The standard InChI is InChI=1S/C17H29N3O/c18-14(8-9-17-7-3-4-12-21-17)13-15-10-11-20(19-15)16-5-1-2-6-16/h10-11,14,16-17H,1-9,12-13,18H2. The van der Waals surface area contributed by atoms with E-state index in [1.165, 1.54) is 44.9 Å². The summed E-state index contributed by atoms with van der Waals surface area (Å²) in [4.78, 5) is 0. The van der Waals surface area contributed by atoms with Crippen molar-refractivity contribution in [2.24, 2.45) is 5.73 Å². The second-order valence-corrected chi connectivity index (χ2v) is 6.76. The summed E-state index contributed by atoms with van der Waals surface area (Å²) in [5.74, 6) is 0. The number of ether oxygens (including phenoxy) is 1. The van der Waals surface area contributed by atoms with Crippen LogP contribution in [0.25, 0.3) is 0 Å². The van der Waals surface area contributed by atoms with Gasteiger partial charge in [-0.2, -0.15) is 5.10 Å². The topological polar surface area (TPSA) is 53.1 Å². The van der Waals surface area contributed by atoms with Crippen LogP contribution in [-0.4, -0.2) is 28.5 Å². The number of hydrogen-bond acceptors (Lipinski definition) is 3. The zero-order valence-electron chi connectivity index (χ0n) is 13.0. The predicted molar refractivity (Wildman–Crippen MR) is 84.2 cm³/mol. The lowest BCUT2D eigenvalue weighted by Gasteiger charge is -2.23. The van der Waals surface area contributed by atoms with Crippen molar-refractivity contribution in [2.75, 3.05) is 6.61 Å². The van der Waals surface area contributed by atoms with Crippen LogP contribution in [0.5, 0.6) is 0 Å². The van der Waals surface area contributed by atoms with Crippen LogP contribution in [0.1, 0.15) is 69.5 Å². The molecule has 118 valence electrons. The van der Waals surface area contributed by atoms with Gasteiger partial charge in [-0.1, -0.05) is 12.8 Å². The highest BCUT2D eigenvalue weighted by Crippen LogP contribution is 2.28. The molecule has 1 aliphatic heterocycles. The third-order valence-electron chi connectivity index (χ3n) is 4.97. The van der Waals surface area contributed by atoms with Gasteiger partial charge in [0.25, 0.3) is 0 Å². The maximum Gasteiger partial charge on any atom is 0.0640 e. The summed E-state index contributed by atoms with van der Waals surface area (Å²) in [6.07, 6.45) is 14.6. The Labute approximate surface area is 128 Å². The summed E-state index contributed by atoms with van der Waals surface area (Å²) in [6, 6.07) is 2.99. The molecule has 4 heteroatoms. The van der Waals surface area contributed by atoms with Gasteiger partial charge in [-0.3, -0.25) is 4.68 Å². The molecule has 2 N–H and O–H groups in total. The number of rotatable bonds is 6. The number of aromatic nitrogens is 2. The van der Waals surface area contributed by atoms with Crippen molar-refractivity contribution in [3.05, 3.63) is 18.0 Å². The predicted octanol–water partition coefficient (Wildman–Crippen LogP) is 3.22. The second-order valence-electron chi connectivity index (χ2n) is 6.76. The van der Waals surface area contributed by atoms with Crippen LogP contribution in [-0.2, 0) is 11.2 Å². The van der Waals surface area contributed by atoms with Crippen molar-refractivity contribution >= 4 is 0 Å². The highest BCUT2D eigenvalue weighted by Gasteiger charge is 2.19. The molecule has 0 amide bonds. The Balaban J connectivity index is 1.42. The van der Waals surface area contributed by atoms with Crippen molar-refractivity contribution in [1.29, 1.82) is 0 Å². The first-order valence-corrected chi connectivity index (χ1v) is 8.72. The second kappa shape index (κ2) is 7.41. The lowest BCUT2D eigenvalue weighted by molar-refractivity contribution is 0.00914. The average Bonchev–Trinajstić information content (AvgIpc) is 3.17. The molecule has 0 aromatic carbocycles. The van der Waals surface area contributed by atoms with Crippen molar-refractivity contribution in [2.45, 2.75) is 82.4 Å². The molecular weight excluding hydrogens is 262 g/mol. The van der Waals surface area contributed by atoms with Crippen LogP contribution in [0, 0.1) is 0 Å². The molecule has 1 aromatic heterocycles. The molecule has 2 aliphatic rings. The fourth-order valence-electron chi connectivity index (χ4n) is 3.66. The maximum absolute atomic E-state index is 6.28. The molecule has 1 saturated heterocycles. The Kier molecular flexibility index (Phi) is 5.31. The summed E-state index contributed by atoms with van der Waals surface area (Å²) < 4.78 is 7.94. The normalized spacial score (nSPS) is 25.3. The highest BCUT2D eigenvalue weighted by molar-refractivity contribution is 5.02. The van der Waals surface area contributed by atoms with E-state index >= 15 is 0 Å². The fourth-order valence-corrected chi connectivity index (χ4v) is 3.66. The van der Waals surface area contributed by atoms with Gasteiger partial charge in [-0.05, 0) is 51.0 Å². The van der Waals surface area contributed by atoms with E-state index in [0.717, 1.165) is 31.6 Å². The first-order chi connectivity index (χ1) is 10.3. The Morgan fingerprint density at radius 2 is 2.05 bits per heavy atom. The summed E-state index contributed by atoms with van der Waals surface area (Å²) in [7, 11) is 0. The number of nitrogens with two attached hydrogens (primary N) is 1. The molecule has 4 nitrogen and oxygen atoms in total. The van der Waals surface area contributed by atoms with Crippen molar-refractivity contribution in [3.8, 4) is 0 Å². The van der Waals surface area contributed by atoms with E-state index in [-0.39, 0.29) is 6.04 Å². The SMILES string of the molecule is NC(CCC1CCCCO1)Cc1ccn(C2CCCC2)n1. The molecule has 1 saturated carbocycles. The first kappa shape index (κ1) is 15.0. The van der Waals surface area contributed by atoms with Gasteiger partial charge < -0.3 is 10.5 Å². The van der Waals surface area contributed by atoms with Crippen LogP contribution in [0.15, 0.2) is 12.3 Å². The Morgan fingerprint density at radius 3 is 2.81 bits per heavy atom. The lowest BCUT2D eigenvalue weighted by atomic mass is 10.00. The Morgan fingerprint density at radius 1 is 1.24 bits per heavy atom. The third-order valence-corrected chi connectivity index (χ3v) is 4.97. The minimum atomic E-state index is 0.211. The van der Waals surface area contributed by atoms with Gasteiger partial charge in [-0.15, -0.1) is 0 Å². The molecule has 1 aromatic rings. The van der Waals surface area contributed by atoms with Crippen LogP contribution in [0.3, 0.4) is 0 Å². The largest absolute Gasteiger partial charge is 0.378 e. The summed E-state index contributed by atoms with van der Waals surface area (Å²) in [5, 5.41) is 4.73. The molecule has 2 atom stereocenters. The number of hydrogen-bond donors (Lipinski definition) is 1. The maximum atomic E-state index is 6.28. The van der Waals surface area contributed by atoms with Crippen LogP contribution < -0.4 is 5.73 Å². The molecule has 2 unspecified atom stereocenters. The average molecular weight is 291 g/mol. The minimum Gasteiger partial charge on any atom is -0.378 e. The first-order valence-electron chi connectivity index (χ1n) is 8.72. The van der Waals surface area contributed by atoms with Gasteiger partial charge in [0.15, 0.2) is 0 Å². The summed E-state index contributed by atoms with van der Waals surface area (Å²) in [6.45, 7) is 0.936. The van der Waals surface area contributed by atoms with Crippen LogP contribution >= 0.6 is 0 Å². The van der Waals surface area contributed by atoms with Gasteiger partial charge in [0.2, 0.25) is 0 Å². The van der Waals surface area contributed by atoms with E-state index in [9.17, 15) is 0 Å². The summed E-state index contributed by atoms with van der Waals surface area (Å²) >= 11 is 0. The van der Waals surface area contributed by atoms with Gasteiger partial charge >= 0.3 is 0 Å². The molecule has 0 radical (unpaired) electrons. The van der Waals surface area contributed by atoms with Crippen LogP contribution in [0.2, 0.25) is 0 Å². The van der Waals surface area contributed by atoms with E-state index in [0.29, 0.717) is 12.1 Å². The van der Waals surface area contributed by atoms with Crippen LogP contribution in [0.4, 0.5) is 0 Å². The number of nitrogens with zero attached hydrogens (tertiary/aromatic N) is 2. The van der Waals surface area contributed by atoms with Gasteiger partial charge in [0.1, 0.15) is 0 Å². The monoisotopic (exact) mass is 291 g/mol. The van der Waals surface area contributed by atoms with E-state index in [2.05, 4.69) is 16.9 Å². The molecular formula is C17H29N3O. The quantitative estimate of drug-likeness (QED) is 0.875. The van der Waals surface area contributed by atoms with Crippen molar-refractivity contribution < 1.29 is 4.74 Å². The van der Waals surface area contributed by atoms with Gasteiger partial charge in [0, 0.05) is 25.3 Å². The van der Waals surface area contributed by atoms with E-state index in [1.807, 2.05) is 0 Å². The van der Waals surface area contributed by atoms with E-state index < -0.39 is 0 Å². The van der Waals surface area contributed by atoms with Gasteiger partial charge in [-0.25, -0.2) is 0 Å². The molecule has 2 heterocycles. The fraction of sp³-hybridized carbons (Fsp3) is 0.824. The van der Waals surface area contributed by atoms with E-state index in [4.69, 9.17) is 15.6 Å². The Bertz CT molecular complexity index is 419.